The summed E-state index contributed by atoms with van der Waals surface area (Å²) < 4.78 is 5.00. The molecule has 162 valence electrons. The van der Waals surface area contributed by atoms with Crippen molar-refractivity contribution in [2.24, 2.45) is 10.7 Å². The summed E-state index contributed by atoms with van der Waals surface area (Å²) >= 11 is 0. The summed E-state index contributed by atoms with van der Waals surface area (Å²) in [6.07, 6.45) is 0. The lowest BCUT2D eigenvalue weighted by molar-refractivity contribution is -0.139. The molecule has 0 unspecified atom stereocenters. The number of carboxylic acids is 1. The number of aliphatic carboxylic acids is 1. The molecule has 0 fully saturated rings. The topological polar surface area (TPSA) is 143 Å². The molecule has 32 heavy (non-hydrogen) atoms. The van der Waals surface area contributed by atoms with Crippen molar-refractivity contribution >= 4 is 29.3 Å². The zero-order valence-corrected chi connectivity index (χ0v) is 16.8. The predicted octanol–water partition coefficient (Wildman–Crippen LogP) is 2.26. The molecule has 0 aliphatic rings. The Morgan fingerprint density at radius 2 is 1.28 bits per heavy atom. The molecule has 9 heteroatoms. The van der Waals surface area contributed by atoms with Crippen molar-refractivity contribution in [2.75, 3.05) is 6.61 Å². The molecule has 3 aromatic rings. The Bertz CT molecular complexity index is 1130. The van der Waals surface area contributed by atoms with Gasteiger partial charge in [0.2, 0.25) is 0 Å². The summed E-state index contributed by atoms with van der Waals surface area (Å²) in [6.45, 7) is -0.482. The molecule has 0 saturated heterocycles. The quantitative estimate of drug-likeness (QED) is 0.256. The number of hydrazine groups is 1. The third-order valence-electron chi connectivity index (χ3n) is 4.22. The van der Waals surface area contributed by atoms with Crippen LogP contribution in [0.1, 0.15) is 26.3 Å². The SMILES string of the molecule is NC(=Nc1ccccc1)c1ccc(C(=O)NNC(=O)c2ccc(OCC(=O)O)cc2)cc1. The first-order valence-corrected chi connectivity index (χ1v) is 9.47. The molecule has 0 aromatic heterocycles. The molecule has 0 bridgehead atoms. The summed E-state index contributed by atoms with van der Waals surface area (Å²) in [7, 11) is 0. The van der Waals surface area contributed by atoms with Crippen LogP contribution in [0.15, 0.2) is 83.9 Å². The Hall–Kier alpha value is -4.66. The number of ether oxygens (including phenoxy) is 1. The number of rotatable bonds is 7. The fourth-order valence-corrected chi connectivity index (χ4v) is 2.60. The van der Waals surface area contributed by atoms with Gasteiger partial charge >= 0.3 is 5.97 Å². The molecule has 3 aromatic carbocycles. The fraction of sp³-hybridized carbons (Fsp3) is 0.0435. The van der Waals surface area contributed by atoms with E-state index in [1.165, 1.54) is 24.3 Å². The molecule has 0 spiro atoms. The van der Waals surface area contributed by atoms with Gasteiger partial charge in [0.05, 0.1) is 5.69 Å². The molecule has 0 radical (unpaired) electrons. The van der Waals surface area contributed by atoms with Crippen molar-refractivity contribution in [2.45, 2.75) is 0 Å². The Kier molecular flexibility index (Phi) is 7.16. The van der Waals surface area contributed by atoms with Crippen molar-refractivity contribution in [1.82, 2.24) is 10.9 Å². The van der Waals surface area contributed by atoms with Gasteiger partial charge in [-0.25, -0.2) is 9.79 Å². The van der Waals surface area contributed by atoms with E-state index in [0.717, 1.165) is 5.69 Å². The lowest BCUT2D eigenvalue weighted by Crippen LogP contribution is -2.41. The molecule has 0 aliphatic carbocycles. The first-order chi connectivity index (χ1) is 15.4. The minimum absolute atomic E-state index is 0.258. The molecular formula is C23H20N4O5. The monoisotopic (exact) mass is 432 g/mol. The van der Waals surface area contributed by atoms with Gasteiger partial charge in [0, 0.05) is 16.7 Å². The average molecular weight is 432 g/mol. The molecule has 5 N–H and O–H groups in total. The molecule has 0 atom stereocenters. The van der Waals surface area contributed by atoms with Gasteiger partial charge in [0.25, 0.3) is 11.8 Å². The van der Waals surface area contributed by atoms with Crippen LogP contribution in [0.4, 0.5) is 5.69 Å². The van der Waals surface area contributed by atoms with Gasteiger partial charge in [-0.15, -0.1) is 0 Å². The summed E-state index contributed by atoms with van der Waals surface area (Å²) in [5.74, 6) is -1.53. The molecule has 0 aliphatic heterocycles. The largest absolute Gasteiger partial charge is 0.482 e. The van der Waals surface area contributed by atoms with Crippen molar-refractivity contribution < 1.29 is 24.2 Å². The number of aliphatic imine (C=N–C) groups is 1. The lowest BCUT2D eigenvalue weighted by atomic mass is 10.1. The predicted molar refractivity (Wildman–Crippen MR) is 118 cm³/mol. The van der Waals surface area contributed by atoms with Crippen molar-refractivity contribution in [3.8, 4) is 5.75 Å². The summed E-state index contributed by atoms with van der Waals surface area (Å²) in [4.78, 5) is 39.3. The van der Waals surface area contributed by atoms with Crippen LogP contribution in [0.5, 0.6) is 5.75 Å². The molecule has 9 nitrogen and oxygen atoms in total. The molecule has 2 amide bonds. The van der Waals surface area contributed by atoms with Crippen LogP contribution in [0, 0.1) is 0 Å². The maximum Gasteiger partial charge on any atom is 0.341 e. The van der Waals surface area contributed by atoms with E-state index in [-0.39, 0.29) is 5.56 Å². The van der Waals surface area contributed by atoms with Crippen LogP contribution in [0.25, 0.3) is 0 Å². The number of nitrogens with two attached hydrogens (primary N) is 1. The van der Waals surface area contributed by atoms with E-state index in [0.29, 0.717) is 22.7 Å². The van der Waals surface area contributed by atoms with Crippen molar-refractivity contribution in [3.63, 3.8) is 0 Å². The number of hydrogen-bond donors (Lipinski definition) is 4. The Labute approximate surface area is 183 Å². The minimum Gasteiger partial charge on any atom is -0.482 e. The van der Waals surface area contributed by atoms with E-state index in [4.69, 9.17) is 15.6 Å². The number of carbonyl (C=O) groups excluding carboxylic acids is 2. The van der Waals surface area contributed by atoms with Gasteiger partial charge in [-0.2, -0.15) is 0 Å². The Balaban J connectivity index is 1.55. The highest BCUT2D eigenvalue weighted by molar-refractivity contribution is 6.01. The first-order valence-electron chi connectivity index (χ1n) is 9.47. The van der Waals surface area contributed by atoms with Gasteiger partial charge in [-0.05, 0) is 48.5 Å². The minimum atomic E-state index is -1.10. The summed E-state index contributed by atoms with van der Waals surface area (Å²) in [5, 5.41) is 8.59. The second kappa shape index (κ2) is 10.4. The zero-order valence-electron chi connectivity index (χ0n) is 16.8. The van der Waals surface area contributed by atoms with Gasteiger partial charge in [-0.3, -0.25) is 20.4 Å². The third kappa shape index (κ3) is 6.17. The van der Waals surface area contributed by atoms with Crippen molar-refractivity contribution in [1.29, 1.82) is 0 Å². The van der Waals surface area contributed by atoms with E-state index >= 15 is 0 Å². The second-order valence-corrected chi connectivity index (χ2v) is 6.52. The Morgan fingerprint density at radius 3 is 1.81 bits per heavy atom. The zero-order chi connectivity index (χ0) is 22.9. The number of amides is 2. The van der Waals surface area contributed by atoms with E-state index in [1.54, 1.807) is 24.3 Å². The van der Waals surface area contributed by atoms with Crippen LogP contribution in [0.3, 0.4) is 0 Å². The van der Waals surface area contributed by atoms with Gasteiger partial charge < -0.3 is 15.6 Å². The van der Waals surface area contributed by atoms with E-state index < -0.39 is 24.4 Å². The highest BCUT2D eigenvalue weighted by Gasteiger charge is 2.10. The van der Waals surface area contributed by atoms with E-state index in [2.05, 4.69) is 15.8 Å². The van der Waals surface area contributed by atoms with E-state index in [1.807, 2.05) is 30.3 Å². The van der Waals surface area contributed by atoms with Gasteiger partial charge in [0.15, 0.2) is 6.61 Å². The van der Waals surface area contributed by atoms with Gasteiger partial charge in [0.1, 0.15) is 11.6 Å². The van der Waals surface area contributed by atoms with Crippen LogP contribution < -0.4 is 21.3 Å². The molecule has 3 rings (SSSR count). The fourth-order valence-electron chi connectivity index (χ4n) is 2.60. The maximum absolute atomic E-state index is 12.3. The number of carboxylic acid groups (broad SMARTS) is 1. The lowest BCUT2D eigenvalue weighted by Gasteiger charge is -2.09. The van der Waals surface area contributed by atoms with Crippen molar-refractivity contribution in [3.05, 3.63) is 95.6 Å². The number of benzene rings is 3. The molecule has 0 heterocycles. The number of amidine groups is 1. The number of nitrogens with zero attached hydrogens (tertiary/aromatic N) is 1. The standard InChI is InChI=1S/C23H20N4O5/c24-21(25-18-4-2-1-3-5-18)15-6-8-16(9-7-15)22(30)26-27-23(31)17-10-12-19(13-11-17)32-14-20(28)29/h1-13H,14H2,(H2,24,25)(H,26,30)(H,27,31)(H,28,29). The first kappa shape index (κ1) is 22.0. The van der Waals surface area contributed by atoms with Crippen LogP contribution in [-0.2, 0) is 4.79 Å². The smallest absolute Gasteiger partial charge is 0.341 e. The van der Waals surface area contributed by atoms with Crippen LogP contribution in [-0.4, -0.2) is 35.3 Å². The highest BCUT2D eigenvalue weighted by atomic mass is 16.5. The summed E-state index contributed by atoms with van der Waals surface area (Å²) in [5.41, 5.74) is 12.6. The summed E-state index contributed by atoms with van der Waals surface area (Å²) in [6, 6.07) is 21.5. The molecule has 0 saturated carbocycles. The van der Waals surface area contributed by atoms with Crippen LogP contribution in [0.2, 0.25) is 0 Å². The number of carbonyl (C=O) groups is 3. The average Bonchev–Trinajstić information content (AvgIpc) is 2.82. The third-order valence-corrected chi connectivity index (χ3v) is 4.22. The normalized spacial score (nSPS) is 10.8. The number of para-hydroxylation sites is 1. The maximum atomic E-state index is 12.3. The van der Waals surface area contributed by atoms with E-state index in [9.17, 15) is 14.4 Å². The molecular weight excluding hydrogens is 412 g/mol. The Morgan fingerprint density at radius 1 is 0.781 bits per heavy atom. The second-order valence-electron chi connectivity index (χ2n) is 6.52. The van der Waals surface area contributed by atoms with Gasteiger partial charge in [-0.1, -0.05) is 30.3 Å². The number of nitrogens with one attached hydrogen (secondary N) is 2. The number of hydrogen-bond acceptors (Lipinski definition) is 5. The highest BCUT2D eigenvalue weighted by Crippen LogP contribution is 2.13. The van der Waals surface area contributed by atoms with Crippen LogP contribution >= 0.6 is 0 Å².